The van der Waals surface area contributed by atoms with Gasteiger partial charge in [0, 0.05) is 28.2 Å². The number of benzene rings is 3. The molecule has 0 spiro atoms. The summed E-state index contributed by atoms with van der Waals surface area (Å²) >= 11 is 12.4. The van der Waals surface area contributed by atoms with Crippen molar-refractivity contribution < 1.29 is 22.4 Å². The minimum Gasteiger partial charge on any atom is -0.352 e. The first-order valence-corrected chi connectivity index (χ1v) is 15.1. The molecule has 1 N–H and O–H groups in total. The predicted molar refractivity (Wildman–Crippen MR) is 154 cm³/mol. The quantitative estimate of drug-likeness (QED) is 0.316. The summed E-state index contributed by atoms with van der Waals surface area (Å²) in [4.78, 5) is 28.3. The van der Waals surface area contributed by atoms with Gasteiger partial charge in [0.1, 0.15) is 18.4 Å². The highest BCUT2D eigenvalue weighted by Crippen LogP contribution is 2.30. The molecule has 0 aromatic heterocycles. The topological polar surface area (TPSA) is 86.8 Å². The summed E-state index contributed by atoms with van der Waals surface area (Å²) in [5, 5.41) is 3.33. The lowest BCUT2D eigenvalue weighted by atomic mass is 10.1. The first-order chi connectivity index (χ1) is 19.1. The number of nitrogens with zero attached hydrogens (tertiary/aromatic N) is 2. The van der Waals surface area contributed by atoms with Crippen molar-refractivity contribution in [1.29, 1.82) is 0 Å². The molecule has 1 aliphatic rings. The van der Waals surface area contributed by atoms with E-state index in [4.69, 9.17) is 23.2 Å². The normalized spacial score (nSPS) is 14.5. The zero-order chi connectivity index (χ0) is 28.9. The molecule has 7 nitrogen and oxygen atoms in total. The molecule has 3 aromatic carbocycles. The number of nitrogens with one attached hydrogen (secondary N) is 1. The smallest absolute Gasteiger partial charge is 0.264 e. The number of amides is 2. The number of rotatable bonds is 10. The number of sulfonamides is 1. The highest BCUT2D eigenvalue weighted by atomic mass is 35.5. The summed E-state index contributed by atoms with van der Waals surface area (Å²) in [6, 6.07) is 16.8. The highest BCUT2D eigenvalue weighted by molar-refractivity contribution is 7.92. The van der Waals surface area contributed by atoms with Crippen molar-refractivity contribution in [3.63, 3.8) is 0 Å². The summed E-state index contributed by atoms with van der Waals surface area (Å²) in [6.07, 6.45) is 3.70. The van der Waals surface area contributed by atoms with Gasteiger partial charge in [0.2, 0.25) is 11.8 Å². The third-order valence-electron chi connectivity index (χ3n) is 6.91. The van der Waals surface area contributed by atoms with E-state index in [0.717, 1.165) is 30.0 Å². The molecule has 11 heteroatoms. The molecule has 40 heavy (non-hydrogen) atoms. The first-order valence-electron chi connectivity index (χ1n) is 12.9. The van der Waals surface area contributed by atoms with Crippen LogP contribution in [-0.2, 0) is 26.2 Å². The Bertz CT molecular complexity index is 1450. The van der Waals surface area contributed by atoms with E-state index in [1.165, 1.54) is 53.4 Å². The number of carbonyl (C=O) groups is 2. The van der Waals surface area contributed by atoms with Gasteiger partial charge < -0.3 is 10.2 Å². The van der Waals surface area contributed by atoms with Crippen molar-refractivity contribution >= 4 is 50.7 Å². The van der Waals surface area contributed by atoms with Crippen LogP contribution < -0.4 is 9.62 Å². The second-order valence-electron chi connectivity index (χ2n) is 9.73. The van der Waals surface area contributed by atoms with Crippen LogP contribution in [0.25, 0.3) is 0 Å². The number of carbonyl (C=O) groups excluding carboxylic acids is 2. The molecule has 0 saturated heterocycles. The zero-order valence-corrected chi connectivity index (χ0v) is 24.2. The summed E-state index contributed by atoms with van der Waals surface area (Å²) < 4.78 is 43.1. The van der Waals surface area contributed by atoms with E-state index < -0.39 is 34.3 Å². The molecular weight excluding hydrogens is 576 g/mol. The van der Waals surface area contributed by atoms with Crippen LogP contribution in [0.2, 0.25) is 10.0 Å². The van der Waals surface area contributed by atoms with Crippen LogP contribution in [0.3, 0.4) is 0 Å². The Morgan fingerprint density at radius 3 is 2.20 bits per heavy atom. The SMILES string of the molecule is C[C@@H](C(=O)NC1CCCC1)N(Cc1ccccc1F)C(=O)CN(c1cc(Cl)cc(Cl)c1)S(=O)(=O)c1ccccc1. The maximum absolute atomic E-state index is 14.7. The molecule has 0 heterocycles. The molecule has 0 bridgehead atoms. The molecule has 0 radical (unpaired) electrons. The van der Waals surface area contributed by atoms with E-state index in [2.05, 4.69) is 5.32 Å². The summed E-state index contributed by atoms with van der Waals surface area (Å²) in [5.41, 5.74) is 0.267. The van der Waals surface area contributed by atoms with Crippen LogP contribution in [0.15, 0.2) is 77.7 Å². The van der Waals surface area contributed by atoms with Gasteiger partial charge in [-0.2, -0.15) is 0 Å². The Balaban J connectivity index is 1.71. The second-order valence-corrected chi connectivity index (χ2v) is 12.5. The van der Waals surface area contributed by atoms with E-state index >= 15 is 0 Å². The molecule has 0 aliphatic heterocycles. The standard InChI is InChI=1S/C29H30Cl2FN3O4S/c1-20(29(37)33-24-10-6-7-11-24)34(18-21-9-5-8-14-27(21)32)28(36)19-35(25-16-22(30)15-23(31)17-25)40(38,39)26-12-3-2-4-13-26/h2-5,8-9,12-17,20,24H,6-7,10-11,18-19H2,1H3,(H,33,37)/t20-/m0/s1. The van der Waals surface area contributed by atoms with Crippen LogP contribution in [0, 0.1) is 5.82 Å². The number of hydrogen-bond acceptors (Lipinski definition) is 4. The third kappa shape index (κ3) is 7.13. The van der Waals surface area contributed by atoms with Gasteiger partial charge in [-0.15, -0.1) is 0 Å². The maximum Gasteiger partial charge on any atom is 0.264 e. The lowest BCUT2D eigenvalue weighted by Crippen LogP contribution is -2.52. The molecule has 1 aliphatic carbocycles. The average molecular weight is 607 g/mol. The molecule has 212 valence electrons. The van der Waals surface area contributed by atoms with Crippen molar-refractivity contribution in [1.82, 2.24) is 10.2 Å². The number of halogens is 3. The summed E-state index contributed by atoms with van der Waals surface area (Å²) in [5.74, 6) is -1.63. The zero-order valence-electron chi connectivity index (χ0n) is 21.9. The molecule has 1 saturated carbocycles. The Kier molecular flexibility index (Phi) is 9.71. The number of anilines is 1. The molecule has 1 atom stereocenters. The van der Waals surface area contributed by atoms with E-state index in [0.29, 0.717) is 0 Å². The van der Waals surface area contributed by atoms with E-state index in [1.54, 1.807) is 31.2 Å². The molecule has 3 aromatic rings. The molecular formula is C29H30Cl2FN3O4S. The molecule has 1 fully saturated rings. The maximum atomic E-state index is 14.7. The van der Waals surface area contributed by atoms with Crippen molar-refractivity contribution in [2.24, 2.45) is 0 Å². The van der Waals surface area contributed by atoms with Crippen LogP contribution in [0.5, 0.6) is 0 Å². The Morgan fingerprint density at radius 1 is 0.975 bits per heavy atom. The van der Waals surface area contributed by atoms with Crippen molar-refractivity contribution in [3.8, 4) is 0 Å². The highest BCUT2D eigenvalue weighted by Gasteiger charge is 2.34. The van der Waals surface area contributed by atoms with Crippen LogP contribution in [-0.4, -0.2) is 43.8 Å². The fourth-order valence-electron chi connectivity index (χ4n) is 4.72. The van der Waals surface area contributed by atoms with E-state index in [9.17, 15) is 22.4 Å². The van der Waals surface area contributed by atoms with Crippen LogP contribution in [0.4, 0.5) is 10.1 Å². The minimum absolute atomic E-state index is 0.00363. The van der Waals surface area contributed by atoms with Gasteiger partial charge in [0.25, 0.3) is 10.0 Å². The van der Waals surface area contributed by atoms with Crippen LogP contribution in [0.1, 0.15) is 38.2 Å². The van der Waals surface area contributed by atoms with Crippen molar-refractivity contribution in [3.05, 3.63) is 94.2 Å². The second kappa shape index (κ2) is 13.0. The van der Waals surface area contributed by atoms with Gasteiger partial charge in [-0.3, -0.25) is 13.9 Å². The Morgan fingerprint density at radius 2 is 1.57 bits per heavy atom. The third-order valence-corrected chi connectivity index (χ3v) is 9.14. The Hall–Kier alpha value is -3.14. The van der Waals surface area contributed by atoms with Gasteiger partial charge >= 0.3 is 0 Å². The van der Waals surface area contributed by atoms with Crippen molar-refractivity contribution in [2.45, 2.75) is 56.1 Å². The van der Waals surface area contributed by atoms with Crippen molar-refractivity contribution in [2.75, 3.05) is 10.8 Å². The monoisotopic (exact) mass is 605 g/mol. The Labute approximate surface area is 243 Å². The van der Waals surface area contributed by atoms with Gasteiger partial charge in [0.05, 0.1) is 10.6 Å². The van der Waals surface area contributed by atoms with Gasteiger partial charge in [-0.05, 0) is 56.2 Å². The predicted octanol–water partition coefficient (Wildman–Crippen LogP) is 5.80. The largest absolute Gasteiger partial charge is 0.352 e. The molecule has 4 rings (SSSR count). The van der Waals surface area contributed by atoms with E-state index in [-0.39, 0.29) is 44.7 Å². The fourth-order valence-corrected chi connectivity index (χ4v) is 6.65. The number of hydrogen-bond donors (Lipinski definition) is 1. The first kappa shape index (κ1) is 29.8. The lowest BCUT2D eigenvalue weighted by molar-refractivity contribution is -0.139. The summed E-state index contributed by atoms with van der Waals surface area (Å²) in [6.45, 7) is 0.638. The average Bonchev–Trinajstić information content (AvgIpc) is 3.43. The lowest BCUT2D eigenvalue weighted by Gasteiger charge is -2.32. The molecule has 0 unspecified atom stereocenters. The van der Waals surface area contributed by atoms with Gasteiger partial charge in [0.15, 0.2) is 0 Å². The summed E-state index contributed by atoms with van der Waals surface area (Å²) in [7, 11) is -4.27. The minimum atomic E-state index is -4.27. The van der Waals surface area contributed by atoms with Crippen LogP contribution >= 0.6 is 23.2 Å². The van der Waals surface area contributed by atoms with Gasteiger partial charge in [-0.25, -0.2) is 12.8 Å². The van der Waals surface area contributed by atoms with Gasteiger partial charge in [-0.1, -0.05) is 72.4 Å². The fraction of sp³-hybridized carbons (Fsp3) is 0.310. The van der Waals surface area contributed by atoms with E-state index in [1.807, 2.05) is 0 Å². The molecule has 2 amide bonds.